The first-order valence-electron chi connectivity index (χ1n) is 17.8. The van der Waals surface area contributed by atoms with Gasteiger partial charge in [0.15, 0.2) is 0 Å². The molecule has 2 N–H and O–H groups in total. The first kappa shape index (κ1) is 35.6. The minimum atomic E-state index is -1.02. The average molecular weight is 717 g/mol. The van der Waals surface area contributed by atoms with E-state index in [1.807, 2.05) is 31.2 Å². The van der Waals surface area contributed by atoms with Gasteiger partial charge in [0, 0.05) is 60.8 Å². The quantitative estimate of drug-likeness (QED) is 0.206. The summed E-state index contributed by atoms with van der Waals surface area (Å²) >= 11 is 0. The molecule has 276 valence electrons. The molecule has 7 rings (SSSR count). The van der Waals surface area contributed by atoms with Crippen molar-refractivity contribution in [2.45, 2.75) is 57.4 Å². The van der Waals surface area contributed by atoms with E-state index in [2.05, 4.69) is 49.6 Å². The molecular weight excluding hydrogens is 670 g/mol. The number of rotatable bonds is 12. The lowest BCUT2D eigenvalue weighted by Crippen LogP contribution is -2.54. The predicted octanol–water partition coefficient (Wildman–Crippen LogP) is 5.15. The molecule has 0 bridgehead atoms. The van der Waals surface area contributed by atoms with Crippen molar-refractivity contribution in [2.24, 2.45) is 5.92 Å². The summed E-state index contributed by atoms with van der Waals surface area (Å²) in [6.45, 7) is 10.2. The number of carbonyl (C=O) groups excluding carboxylic acids is 1. The Labute approximate surface area is 302 Å². The third-order valence-corrected chi connectivity index (χ3v) is 10.4. The number of anilines is 3. The van der Waals surface area contributed by atoms with Crippen LogP contribution in [0.1, 0.15) is 39.2 Å². The zero-order chi connectivity index (χ0) is 36.5. The number of hydrazine groups is 1. The Morgan fingerprint density at radius 1 is 1.00 bits per heavy atom. The largest absolute Gasteiger partial charge is 0.493 e. The van der Waals surface area contributed by atoms with Gasteiger partial charge in [-0.15, -0.1) is 0 Å². The Balaban J connectivity index is 0.905. The van der Waals surface area contributed by atoms with Gasteiger partial charge in [-0.2, -0.15) is 5.10 Å². The standard InChI is InChI=1S/C38H46F2N8O4/c1-4-35(37(2,3)50)48-36(49)47(26-43-48)31-8-6-29(7-9-31)44-15-17-45(18-16-44)30-10-12-32(13-11-30)51-21-27-20-38(52-22-27,23-46-25-41-24-42-46)33-14-5-28(39)19-34(33)40/h5-14,19,24-25,27,35,43,50H,4,15-18,20-23,26H2,1-3H3/t27-,35+,38+/m1/s1. The lowest BCUT2D eigenvalue weighted by atomic mass is 9.87. The summed E-state index contributed by atoms with van der Waals surface area (Å²) in [7, 11) is 0. The molecule has 3 aliphatic heterocycles. The predicted molar refractivity (Wildman–Crippen MR) is 193 cm³/mol. The van der Waals surface area contributed by atoms with Crippen molar-refractivity contribution in [1.29, 1.82) is 0 Å². The van der Waals surface area contributed by atoms with Crippen molar-refractivity contribution in [1.82, 2.24) is 25.2 Å². The van der Waals surface area contributed by atoms with E-state index < -0.39 is 22.8 Å². The molecule has 3 atom stereocenters. The normalized spacial score (nSPS) is 21.7. The van der Waals surface area contributed by atoms with Crippen LogP contribution >= 0.6 is 0 Å². The lowest BCUT2D eigenvalue weighted by molar-refractivity contribution is -0.0206. The third kappa shape index (κ3) is 7.41. The highest BCUT2D eigenvalue weighted by Gasteiger charge is 2.45. The smallest absolute Gasteiger partial charge is 0.340 e. The van der Waals surface area contributed by atoms with Gasteiger partial charge in [0.25, 0.3) is 0 Å². The molecule has 14 heteroatoms. The summed E-state index contributed by atoms with van der Waals surface area (Å²) in [4.78, 5) is 23.6. The number of halogens is 2. The van der Waals surface area contributed by atoms with Crippen LogP contribution in [0.3, 0.4) is 0 Å². The molecule has 4 aromatic rings. The van der Waals surface area contributed by atoms with Crippen LogP contribution in [0, 0.1) is 17.6 Å². The van der Waals surface area contributed by atoms with Crippen molar-refractivity contribution in [3.05, 3.63) is 96.6 Å². The molecule has 3 aromatic carbocycles. The highest BCUT2D eigenvalue weighted by atomic mass is 19.1. The molecular formula is C38H46F2N8O4. The third-order valence-electron chi connectivity index (χ3n) is 10.4. The molecule has 3 saturated heterocycles. The Morgan fingerprint density at radius 3 is 2.25 bits per heavy atom. The van der Waals surface area contributed by atoms with Crippen molar-refractivity contribution in [3.63, 3.8) is 0 Å². The van der Waals surface area contributed by atoms with E-state index in [4.69, 9.17) is 9.47 Å². The fourth-order valence-electron chi connectivity index (χ4n) is 7.68. The van der Waals surface area contributed by atoms with E-state index >= 15 is 0 Å². The summed E-state index contributed by atoms with van der Waals surface area (Å²) in [5.74, 6) is -0.554. The second-order valence-corrected chi connectivity index (χ2v) is 14.4. The monoisotopic (exact) mass is 716 g/mol. The number of nitrogens with one attached hydrogen (secondary N) is 1. The number of ether oxygens (including phenoxy) is 2. The molecule has 52 heavy (non-hydrogen) atoms. The minimum Gasteiger partial charge on any atom is -0.493 e. The topological polar surface area (TPSA) is 111 Å². The number of hydrogen-bond acceptors (Lipinski definition) is 9. The summed E-state index contributed by atoms with van der Waals surface area (Å²) in [6.07, 6.45) is 4.09. The molecule has 0 spiro atoms. The number of urea groups is 1. The van der Waals surface area contributed by atoms with Gasteiger partial charge >= 0.3 is 6.03 Å². The zero-order valence-corrected chi connectivity index (χ0v) is 29.8. The van der Waals surface area contributed by atoms with E-state index in [1.165, 1.54) is 18.5 Å². The van der Waals surface area contributed by atoms with Crippen LogP contribution in [-0.2, 0) is 16.9 Å². The summed E-state index contributed by atoms with van der Waals surface area (Å²) in [6, 6.07) is 19.2. The molecule has 3 aliphatic rings. The summed E-state index contributed by atoms with van der Waals surface area (Å²) in [5.41, 5.74) is 4.44. The molecule has 3 fully saturated rings. The Bertz CT molecular complexity index is 1810. The van der Waals surface area contributed by atoms with E-state index in [9.17, 15) is 18.7 Å². The zero-order valence-electron chi connectivity index (χ0n) is 29.8. The van der Waals surface area contributed by atoms with Crippen LogP contribution in [0.15, 0.2) is 79.4 Å². The van der Waals surface area contributed by atoms with E-state index in [1.54, 1.807) is 34.8 Å². The van der Waals surface area contributed by atoms with Gasteiger partial charge in [0.05, 0.1) is 38.1 Å². The number of piperazine rings is 1. The van der Waals surface area contributed by atoms with Gasteiger partial charge in [-0.1, -0.05) is 13.0 Å². The maximum Gasteiger partial charge on any atom is 0.340 e. The molecule has 2 amide bonds. The molecule has 0 unspecified atom stereocenters. The van der Waals surface area contributed by atoms with Crippen molar-refractivity contribution in [3.8, 4) is 5.75 Å². The lowest BCUT2D eigenvalue weighted by Gasteiger charge is -2.37. The van der Waals surface area contributed by atoms with Crippen molar-refractivity contribution >= 4 is 23.1 Å². The van der Waals surface area contributed by atoms with Gasteiger partial charge < -0.3 is 24.4 Å². The molecule has 0 radical (unpaired) electrons. The van der Waals surface area contributed by atoms with Gasteiger partial charge in [-0.3, -0.25) is 9.91 Å². The average Bonchev–Trinajstić information content (AvgIpc) is 3.89. The van der Waals surface area contributed by atoms with Gasteiger partial charge in [0.1, 0.15) is 35.6 Å². The van der Waals surface area contributed by atoms with Crippen LogP contribution in [-0.4, -0.2) is 88.6 Å². The number of aliphatic hydroxyl groups is 1. The fraction of sp³-hybridized carbons (Fsp3) is 0.447. The van der Waals surface area contributed by atoms with Gasteiger partial charge in [-0.05, 0) is 81.3 Å². The van der Waals surface area contributed by atoms with Crippen LogP contribution in [0.5, 0.6) is 5.75 Å². The minimum absolute atomic E-state index is 0.0101. The fourth-order valence-corrected chi connectivity index (χ4v) is 7.68. The maximum absolute atomic E-state index is 15.0. The second-order valence-electron chi connectivity index (χ2n) is 14.4. The summed E-state index contributed by atoms with van der Waals surface area (Å²) < 4.78 is 42.7. The van der Waals surface area contributed by atoms with Crippen LogP contribution < -0.4 is 24.9 Å². The molecule has 1 aromatic heterocycles. The summed E-state index contributed by atoms with van der Waals surface area (Å²) in [5, 5.41) is 16.3. The Morgan fingerprint density at radius 2 is 1.65 bits per heavy atom. The van der Waals surface area contributed by atoms with E-state index in [0.717, 1.165) is 55.1 Å². The second kappa shape index (κ2) is 14.7. The van der Waals surface area contributed by atoms with Crippen molar-refractivity contribution < 1.29 is 28.2 Å². The molecule has 4 heterocycles. The number of nitrogens with zero attached hydrogens (tertiary/aromatic N) is 7. The maximum atomic E-state index is 15.0. The van der Waals surface area contributed by atoms with Crippen molar-refractivity contribution in [2.75, 3.05) is 60.8 Å². The number of carbonyl (C=O) groups is 1. The Hall–Kier alpha value is -4.79. The number of hydrogen-bond donors (Lipinski definition) is 2. The van der Waals surface area contributed by atoms with E-state index in [-0.39, 0.29) is 24.5 Å². The van der Waals surface area contributed by atoms with Gasteiger partial charge in [-0.25, -0.2) is 28.7 Å². The number of benzene rings is 3. The highest BCUT2D eigenvalue weighted by Crippen LogP contribution is 2.42. The van der Waals surface area contributed by atoms with Crippen LogP contribution in [0.25, 0.3) is 0 Å². The molecule has 0 saturated carbocycles. The SMILES string of the molecule is CC[C@H](N1NCN(c2ccc(N3CCN(c4ccc(OC[C@@H]5CO[C@@](Cn6cncn6)(c6ccc(F)cc6F)C5)cc4)CC3)cc2)C1=O)C(C)(C)O. The van der Waals surface area contributed by atoms with Crippen LogP contribution in [0.2, 0.25) is 0 Å². The number of aromatic nitrogens is 3. The first-order valence-corrected chi connectivity index (χ1v) is 17.8. The number of amides is 2. The molecule has 12 nitrogen and oxygen atoms in total. The van der Waals surface area contributed by atoms with Crippen LogP contribution in [0.4, 0.5) is 30.6 Å². The molecule has 0 aliphatic carbocycles. The Kier molecular flexibility index (Phi) is 10.1. The first-order chi connectivity index (χ1) is 25.0. The van der Waals surface area contributed by atoms with Gasteiger partial charge in [0.2, 0.25) is 0 Å². The van der Waals surface area contributed by atoms with E-state index in [0.29, 0.717) is 38.3 Å². The highest BCUT2D eigenvalue weighted by molar-refractivity contribution is 5.93.